The van der Waals surface area contributed by atoms with Crippen LogP contribution in [0.15, 0.2) is 0 Å². The van der Waals surface area contributed by atoms with Crippen LogP contribution in [0, 0.1) is 17.8 Å². The molecule has 3 aliphatic rings. The Hall–Kier alpha value is -1.87. The van der Waals surface area contributed by atoms with Gasteiger partial charge in [-0.25, -0.2) is 9.59 Å². The van der Waals surface area contributed by atoms with Crippen LogP contribution in [0.3, 0.4) is 0 Å². The van der Waals surface area contributed by atoms with Crippen molar-refractivity contribution in [2.75, 3.05) is 40.0 Å². The number of amides is 1. The highest BCUT2D eigenvalue weighted by molar-refractivity contribution is 5.81. The van der Waals surface area contributed by atoms with Crippen LogP contribution in [0.5, 0.6) is 0 Å². The van der Waals surface area contributed by atoms with E-state index in [2.05, 4.69) is 4.90 Å². The number of ether oxygens (including phenoxy) is 3. The van der Waals surface area contributed by atoms with Gasteiger partial charge in [0.25, 0.3) is 0 Å². The molecule has 1 saturated carbocycles. The number of aliphatic hydroxyl groups excluding tert-OH is 1. The summed E-state index contributed by atoms with van der Waals surface area (Å²) in [7, 11) is 1.33. The molecule has 1 amide bonds. The molecule has 2 aliphatic heterocycles. The Balaban J connectivity index is 1.64. The van der Waals surface area contributed by atoms with Crippen LogP contribution in [0.1, 0.15) is 46.0 Å². The van der Waals surface area contributed by atoms with Crippen LogP contribution >= 0.6 is 0 Å². The number of hydrogen-bond acceptors (Lipinski definition) is 8. The number of β-amino-alcohol motifs (C(OH)–C–C–N with tert-alkyl or cyclic N) is 1. The van der Waals surface area contributed by atoms with Gasteiger partial charge in [0.1, 0.15) is 12.1 Å². The largest absolute Gasteiger partial charge is 0.465 e. The lowest BCUT2D eigenvalue weighted by Gasteiger charge is -2.46. The number of hydrogen-bond donors (Lipinski definition) is 1. The van der Waals surface area contributed by atoms with E-state index in [4.69, 9.17) is 14.2 Å². The minimum atomic E-state index is -0.617. The van der Waals surface area contributed by atoms with E-state index in [1.54, 1.807) is 13.8 Å². The fraction of sp³-hybridized carbons (Fsp3) is 0.864. The van der Waals surface area contributed by atoms with Crippen LogP contribution in [-0.4, -0.2) is 91.1 Å². The number of piperidine rings is 1. The summed E-state index contributed by atoms with van der Waals surface area (Å²) in [5.74, 6) is 0.365. The van der Waals surface area contributed by atoms with Crippen LogP contribution in [-0.2, 0) is 23.8 Å². The summed E-state index contributed by atoms with van der Waals surface area (Å²) < 4.78 is 15.3. The monoisotopic (exact) mass is 440 g/mol. The summed E-state index contributed by atoms with van der Waals surface area (Å²) >= 11 is 0. The van der Waals surface area contributed by atoms with E-state index in [0.29, 0.717) is 50.3 Å². The third-order valence-corrected chi connectivity index (χ3v) is 6.98. The molecule has 3 rings (SSSR count). The molecule has 0 aromatic heterocycles. The van der Waals surface area contributed by atoms with Crippen LogP contribution in [0.25, 0.3) is 0 Å². The lowest BCUT2D eigenvalue weighted by atomic mass is 9.69. The molecular weight excluding hydrogens is 404 g/mol. The number of nitrogens with zero attached hydrogens (tertiary/aromatic N) is 2. The predicted molar refractivity (Wildman–Crippen MR) is 111 cm³/mol. The van der Waals surface area contributed by atoms with Crippen molar-refractivity contribution in [1.82, 2.24) is 9.80 Å². The second-order valence-electron chi connectivity index (χ2n) is 8.94. The lowest BCUT2D eigenvalue weighted by molar-refractivity contribution is -0.153. The second kappa shape index (κ2) is 10.6. The standard InChI is InChI=1S/C22H36N2O7/c1-4-30-20(26)18-10-17(25)13-23(18)11-14-6-7-15-12-24(22(28)29-3)19(9-16(15)8-14)21(27)31-5-2/h14-19,25H,4-13H2,1-3H3/t14?,15?,16?,17-,18+,19?/m1/s1. The van der Waals surface area contributed by atoms with Crippen molar-refractivity contribution in [2.45, 2.75) is 64.1 Å². The van der Waals surface area contributed by atoms with E-state index in [1.807, 2.05) is 0 Å². The van der Waals surface area contributed by atoms with Crippen molar-refractivity contribution >= 4 is 18.0 Å². The number of carbonyl (C=O) groups excluding carboxylic acids is 3. The van der Waals surface area contributed by atoms with Gasteiger partial charge >= 0.3 is 18.0 Å². The Morgan fingerprint density at radius 3 is 2.23 bits per heavy atom. The summed E-state index contributed by atoms with van der Waals surface area (Å²) in [6.45, 7) is 5.86. The summed E-state index contributed by atoms with van der Waals surface area (Å²) in [4.78, 5) is 40.7. The van der Waals surface area contributed by atoms with E-state index in [0.717, 1.165) is 25.8 Å². The minimum absolute atomic E-state index is 0.263. The molecule has 2 saturated heterocycles. The zero-order chi connectivity index (χ0) is 22.5. The van der Waals surface area contributed by atoms with Gasteiger partial charge in [-0.15, -0.1) is 0 Å². The molecule has 0 spiro atoms. The van der Waals surface area contributed by atoms with Crippen LogP contribution < -0.4 is 0 Å². The molecule has 2 heterocycles. The number of carbonyl (C=O) groups is 3. The molecule has 0 aromatic rings. The summed E-state index contributed by atoms with van der Waals surface area (Å²) in [5, 5.41) is 10.1. The average Bonchev–Trinajstić information content (AvgIpc) is 3.12. The summed E-state index contributed by atoms with van der Waals surface area (Å²) in [6, 6.07) is -1.01. The number of likely N-dealkylation sites (tertiary alicyclic amines) is 2. The first-order valence-electron chi connectivity index (χ1n) is 11.5. The van der Waals surface area contributed by atoms with Gasteiger partial charge in [0.05, 0.1) is 26.4 Å². The first-order chi connectivity index (χ1) is 14.9. The predicted octanol–water partition coefficient (Wildman–Crippen LogP) is 1.42. The number of esters is 2. The highest BCUT2D eigenvalue weighted by Gasteiger charge is 2.46. The zero-order valence-electron chi connectivity index (χ0n) is 18.8. The summed E-state index contributed by atoms with van der Waals surface area (Å²) in [6.07, 6.45) is 2.86. The van der Waals surface area contributed by atoms with E-state index < -0.39 is 18.2 Å². The first-order valence-corrected chi connectivity index (χ1v) is 11.5. The molecule has 176 valence electrons. The van der Waals surface area contributed by atoms with Crippen molar-refractivity contribution in [1.29, 1.82) is 0 Å². The van der Waals surface area contributed by atoms with E-state index in [1.165, 1.54) is 12.0 Å². The number of rotatable bonds is 6. The maximum absolute atomic E-state index is 12.5. The van der Waals surface area contributed by atoms with Gasteiger partial charge in [-0.1, -0.05) is 0 Å². The molecule has 1 aliphatic carbocycles. The van der Waals surface area contributed by atoms with Gasteiger partial charge in [-0.3, -0.25) is 14.6 Å². The smallest absolute Gasteiger partial charge is 0.410 e. The molecule has 0 radical (unpaired) electrons. The number of aliphatic hydroxyl groups is 1. The fourth-order valence-electron chi connectivity index (χ4n) is 5.59. The topological polar surface area (TPSA) is 106 Å². The molecule has 3 fully saturated rings. The maximum Gasteiger partial charge on any atom is 0.410 e. The van der Waals surface area contributed by atoms with Gasteiger partial charge in [-0.2, -0.15) is 0 Å². The Kier molecular flexibility index (Phi) is 8.16. The molecule has 9 heteroatoms. The molecule has 9 nitrogen and oxygen atoms in total. The third-order valence-electron chi connectivity index (χ3n) is 6.98. The Morgan fingerprint density at radius 2 is 1.58 bits per heavy atom. The number of methoxy groups -OCH3 is 1. The second-order valence-corrected chi connectivity index (χ2v) is 8.94. The molecular formula is C22H36N2O7. The maximum atomic E-state index is 12.5. The Bertz CT molecular complexity index is 658. The molecule has 0 bridgehead atoms. The average molecular weight is 441 g/mol. The van der Waals surface area contributed by atoms with Crippen LogP contribution in [0.4, 0.5) is 4.79 Å². The van der Waals surface area contributed by atoms with Gasteiger partial charge in [-0.05, 0) is 57.3 Å². The lowest BCUT2D eigenvalue weighted by Crippen LogP contribution is -2.55. The summed E-state index contributed by atoms with van der Waals surface area (Å²) in [5.41, 5.74) is 0. The Labute approximate surface area is 184 Å². The zero-order valence-corrected chi connectivity index (χ0v) is 18.8. The minimum Gasteiger partial charge on any atom is -0.465 e. The van der Waals surface area contributed by atoms with Crippen molar-refractivity contribution in [3.05, 3.63) is 0 Å². The van der Waals surface area contributed by atoms with Gasteiger partial charge in [0.2, 0.25) is 0 Å². The van der Waals surface area contributed by atoms with E-state index in [-0.39, 0.29) is 24.6 Å². The number of fused-ring (bicyclic) bond motifs is 1. The van der Waals surface area contributed by atoms with E-state index >= 15 is 0 Å². The third kappa shape index (κ3) is 5.49. The molecule has 0 aromatic carbocycles. The van der Waals surface area contributed by atoms with E-state index in [9.17, 15) is 19.5 Å². The van der Waals surface area contributed by atoms with Gasteiger partial charge in [0, 0.05) is 26.1 Å². The first kappa shape index (κ1) is 23.8. The normalized spacial score (nSPS) is 33.5. The molecule has 6 atom stereocenters. The van der Waals surface area contributed by atoms with Crippen molar-refractivity contribution in [3.63, 3.8) is 0 Å². The van der Waals surface area contributed by atoms with Crippen molar-refractivity contribution in [2.24, 2.45) is 17.8 Å². The van der Waals surface area contributed by atoms with Gasteiger partial charge in [0.15, 0.2) is 0 Å². The molecule has 4 unspecified atom stereocenters. The highest BCUT2D eigenvalue weighted by atomic mass is 16.6. The SMILES string of the molecule is CCOC(=O)C1CC2CC(CN3C[C@H](O)C[C@H]3C(=O)OCC)CCC2CN1C(=O)OC. The van der Waals surface area contributed by atoms with Crippen LogP contribution in [0.2, 0.25) is 0 Å². The van der Waals surface area contributed by atoms with Crippen molar-refractivity contribution in [3.8, 4) is 0 Å². The fourth-order valence-corrected chi connectivity index (χ4v) is 5.59. The molecule has 1 N–H and O–H groups in total. The molecule has 31 heavy (non-hydrogen) atoms. The highest BCUT2D eigenvalue weighted by Crippen LogP contribution is 2.42. The quantitative estimate of drug-likeness (QED) is 0.488. The van der Waals surface area contributed by atoms with Crippen molar-refractivity contribution < 1.29 is 33.7 Å². The van der Waals surface area contributed by atoms with Gasteiger partial charge < -0.3 is 19.3 Å². The Morgan fingerprint density at radius 1 is 0.903 bits per heavy atom.